The third-order valence-corrected chi connectivity index (χ3v) is 5.46. The Morgan fingerprint density at radius 2 is 2.00 bits per heavy atom. The predicted octanol–water partition coefficient (Wildman–Crippen LogP) is 2.17. The molecule has 0 saturated carbocycles. The van der Waals surface area contributed by atoms with Gasteiger partial charge in [0.05, 0.1) is 29.7 Å². The van der Waals surface area contributed by atoms with Gasteiger partial charge in [-0.2, -0.15) is 0 Å². The number of rotatable bonds is 3. The van der Waals surface area contributed by atoms with Crippen LogP contribution in [-0.4, -0.2) is 19.3 Å². The lowest BCUT2D eigenvalue weighted by Crippen LogP contribution is -2.16. The Bertz CT molecular complexity index is 911. The van der Waals surface area contributed by atoms with Crippen molar-refractivity contribution in [2.45, 2.75) is 11.4 Å². The summed E-state index contributed by atoms with van der Waals surface area (Å²) in [7, 11) is -4.34. The smallest absolute Gasteiger partial charge is 0.266 e. The number of sulfonamides is 1. The molecule has 0 atom stereocenters. The molecule has 0 bridgehead atoms. The number of halogens is 3. The van der Waals surface area contributed by atoms with Crippen molar-refractivity contribution >= 4 is 37.5 Å². The van der Waals surface area contributed by atoms with E-state index in [0.29, 0.717) is 11.8 Å². The molecule has 1 aliphatic rings. The molecule has 1 aromatic carbocycles. The summed E-state index contributed by atoms with van der Waals surface area (Å²) in [5.41, 5.74) is 0.729. The first-order valence-corrected chi connectivity index (χ1v) is 8.50. The van der Waals surface area contributed by atoms with Crippen molar-refractivity contribution in [1.29, 1.82) is 0 Å². The molecular formula is C13H8BrF2N3O3S. The molecule has 0 saturated heterocycles. The fraction of sp³-hybridized carbons (Fsp3) is 0.0769. The Hall–Kier alpha value is -2.07. The highest BCUT2D eigenvalue weighted by molar-refractivity contribution is 9.10. The summed E-state index contributed by atoms with van der Waals surface area (Å²) in [6.45, 7) is 0.263. The molecule has 1 aromatic heterocycles. The van der Waals surface area contributed by atoms with E-state index in [1.807, 2.05) is 0 Å². The Labute approximate surface area is 138 Å². The Kier molecular flexibility index (Phi) is 3.80. The van der Waals surface area contributed by atoms with E-state index in [1.54, 1.807) is 0 Å². The highest BCUT2D eigenvalue weighted by atomic mass is 79.9. The summed E-state index contributed by atoms with van der Waals surface area (Å²) in [5, 5.41) is 2.54. The van der Waals surface area contributed by atoms with Crippen LogP contribution in [0.5, 0.6) is 0 Å². The number of nitrogens with one attached hydrogen (secondary N) is 2. The van der Waals surface area contributed by atoms with Crippen LogP contribution in [0, 0.1) is 11.6 Å². The average Bonchev–Trinajstić information content (AvgIpc) is 2.78. The van der Waals surface area contributed by atoms with Crippen LogP contribution in [0.2, 0.25) is 0 Å². The molecule has 0 aliphatic carbocycles. The van der Waals surface area contributed by atoms with Gasteiger partial charge in [-0.1, -0.05) is 0 Å². The van der Waals surface area contributed by atoms with Gasteiger partial charge in [-0.05, 0) is 28.1 Å². The van der Waals surface area contributed by atoms with Crippen molar-refractivity contribution < 1.29 is 22.0 Å². The first-order chi connectivity index (χ1) is 10.8. The highest BCUT2D eigenvalue weighted by Gasteiger charge is 2.26. The molecule has 120 valence electrons. The zero-order valence-electron chi connectivity index (χ0n) is 11.2. The molecule has 6 nitrogen and oxygen atoms in total. The van der Waals surface area contributed by atoms with E-state index in [9.17, 15) is 22.0 Å². The van der Waals surface area contributed by atoms with Gasteiger partial charge in [-0.3, -0.25) is 14.5 Å². The predicted molar refractivity (Wildman–Crippen MR) is 80.3 cm³/mol. The van der Waals surface area contributed by atoms with Gasteiger partial charge < -0.3 is 5.32 Å². The number of anilines is 1. The average molecular weight is 404 g/mol. The van der Waals surface area contributed by atoms with E-state index < -0.39 is 26.6 Å². The van der Waals surface area contributed by atoms with Crippen LogP contribution >= 0.6 is 15.9 Å². The van der Waals surface area contributed by atoms with Crippen molar-refractivity contribution in [2.24, 2.45) is 0 Å². The summed E-state index contributed by atoms with van der Waals surface area (Å²) in [6, 6.07) is 2.61. The second-order valence-corrected chi connectivity index (χ2v) is 7.18. The molecule has 1 amide bonds. The van der Waals surface area contributed by atoms with Crippen molar-refractivity contribution in [3.8, 4) is 0 Å². The number of carbonyl (C=O) groups is 1. The Balaban J connectivity index is 2.00. The number of pyridine rings is 1. The molecule has 3 rings (SSSR count). The van der Waals surface area contributed by atoms with E-state index in [4.69, 9.17) is 0 Å². The second kappa shape index (κ2) is 5.53. The van der Waals surface area contributed by atoms with Gasteiger partial charge in [0.15, 0.2) is 0 Å². The quantitative estimate of drug-likeness (QED) is 0.821. The van der Waals surface area contributed by atoms with Crippen LogP contribution in [0.4, 0.5) is 14.5 Å². The van der Waals surface area contributed by atoms with Crippen LogP contribution in [-0.2, 0) is 16.6 Å². The third-order valence-electron chi connectivity index (χ3n) is 3.12. The van der Waals surface area contributed by atoms with E-state index in [-0.39, 0.29) is 28.2 Å². The first kappa shape index (κ1) is 15.8. The van der Waals surface area contributed by atoms with Crippen molar-refractivity contribution in [2.75, 3.05) is 4.72 Å². The number of amides is 1. The zero-order valence-corrected chi connectivity index (χ0v) is 13.6. The van der Waals surface area contributed by atoms with Gasteiger partial charge in [0.2, 0.25) is 0 Å². The van der Waals surface area contributed by atoms with Gasteiger partial charge in [-0.15, -0.1) is 0 Å². The van der Waals surface area contributed by atoms with E-state index in [2.05, 4.69) is 31.0 Å². The maximum Gasteiger partial charge on any atom is 0.266 e. The number of carbonyl (C=O) groups excluding carboxylic acids is 1. The molecule has 2 N–H and O–H groups in total. The maximum atomic E-state index is 13.8. The summed E-state index contributed by atoms with van der Waals surface area (Å²) in [4.78, 5) is 14.8. The van der Waals surface area contributed by atoms with E-state index >= 15 is 0 Å². The third kappa shape index (κ3) is 2.91. The molecule has 0 spiro atoms. The first-order valence-electron chi connectivity index (χ1n) is 6.22. The van der Waals surface area contributed by atoms with Gasteiger partial charge in [-0.25, -0.2) is 17.2 Å². The van der Waals surface area contributed by atoms with Gasteiger partial charge in [0.25, 0.3) is 15.9 Å². The van der Waals surface area contributed by atoms with Crippen LogP contribution < -0.4 is 10.0 Å². The lowest BCUT2D eigenvalue weighted by atomic mass is 10.2. The standard InChI is InChI=1S/C13H8BrF2N3O3S/c14-9-1-6(15)2-10(16)12(9)23(21,22)19-7-3-8-11(17-4-7)5-18-13(8)20/h1-4,19H,5H2,(H,18,20). The minimum atomic E-state index is -4.34. The minimum Gasteiger partial charge on any atom is -0.346 e. The molecule has 0 unspecified atom stereocenters. The molecule has 23 heavy (non-hydrogen) atoms. The maximum absolute atomic E-state index is 13.8. The SMILES string of the molecule is O=C1NCc2ncc(NS(=O)(=O)c3c(F)cc(F)cc3Br)cc21. The zero-order chi connectivity index (χ0) is 16.8. The van der Waals surface area contributed by atoms with E-state index in [1.165, 1.54) is 12.3 Å². The lowest BCUT2D eigenvalue weighted by Gasteiger charge is -2.11. The molecule has 0 radical (unpaired) electrons. The molecule has 2 aromatic rings. The number of hydrogen-bond donors (Lipinski definition) is 2. The van der Waals surface area contributed by atoms with Crippen molar-refractivity contribution in [3.05, 3.63) is 51.8 Å². The highest BCUT2D eigenvalue weighted by Crippen LogP contribution is 2.28. The second-order valence-electron chi connectivity index (χ2n) is 4.70. The number of benzene rings is 1. The van der Waals surface area contributed by atoms with Crippen LogP contribution in [0.1, 0.15) is 16.1 Å². The largest absolute Gasteiger partial charge is 0.346 e. The molecule has 2 heterocycles. The fourth-order valence-corrected chi connectivity index (χ4v) is 4.34. The summed E-state index contributed by atoms with van der Waals surface area (Å²) in [6.07, 6.45) is 1.21. The van der Waals surface area contributed by atoms with Crippen molar-refractivity contribution in [3.63, 3.8) is 0 Å². The molecule has 10 heteroatoms. The van der Waals surface area contributed by atoms with E-state index in [0.717, 1.165) is 6.07 Å². The lowest BCUT2D eigenvalue weighted by molar-refractivity contribution is 0.0965. The van der Waals surface area contributed by atoms with Crippen LogP contribution in [0.25, 0.3) is 0 Å². The Morgan fingerprint density at radius 1 is 1.26 bits per heavy atom. The number of nitrogens with zero attached hydrogens (tertiary/aromatic N) is 1. The summed E-state index contributed by atoms with van der Waals surface area (Å²) < 4.78 is 53.4. The van der Waals surface area contributed by atoms with Crippen LogP contribution in [0.3, 0.4) is 0 Å². The Morgan fingerprint density at radius 3 is 2.70 bits per heavy atom. The van der Waals surface area contributed by atoms with Crippen molar-refractivity contribution in [1.82, 2.24) is 10.3 Å². The van der Waals surface area contributed by atoms with Crippen LogP contribution in [0.15, 0.2) is 33.8 Å². The fourth-order valence-electron chi connectivity index (χ4n) is 2.14. The molecular weight excluding hydrogens is 396 g/mol. The van der Waals surface area contributed by atoms with Gasteiger partial charge in [0.1, 0.15) is 16.5 Å². The summed E-state index contributed by atoms with van der Waals surface area (Å²) >= 11 is 2.83. The molecule has 1 aliphatic heterocycles. The normalized spacial score (nSPS) is 13.6. The van der Waals surface area contributed by atoms with Gasteiger partial charge >= 0.3 is 0 Å². The number of fused-ring (bicyclic) bond motifs is 1. The number of aromatic nitrogens is 1. The number of hydrogen-bond acceptors (Lipinski definition) is 4. The summed E-state index contributed by atoms with van der Waals surface area (Å²) in [5.74, 6) is -2.52. The topological polar surface area (TPSA) is 88.2 Å². The molecule has 0 fully saturated rings. The monoisotopic (exact) mass is 403 g/mol. The minimum absolute atomic E-state index is 0.00331. The van der Waals surface area contributed by atoms with Gasteiger partial charge in [0, 0.05) is 10.5 Å².